The minimum Gasteiger partial charge on any atom is -0.484 e. The maximum absolute atomic E-state index is 12.5. The van der Waals surface area contributed by atoms with Crippen LogP contribution < -0.4 is 9.64 Å². The van der Waals surface area contributed by atoms with Gasteiger partial charge < -0.3 is 9.64 Å². The number of nitrogens with zero attached hydrogens (tertiary/aromatic N) is 2. The predicted octanol–water partition coefficient (Wildman–Crippen LogP) is 4.09. The average Bonchev–Trinajstić information content (AvgIpc) is 3.26. The smallest absolute Gasteiger partial charge is 0.264 e. The normalized spacial score (nSPS) is 12.9. The number of carbonyl (C=O) groups excluding carboxylic acids is 1. The molecule has 1 aliphatic heterocycles. The molecule has 0 bridgehead atoms. The van der Waals surface area contributed by atoms with Crippen LogP contribution in [0.1, 0.15) is 11.3 Å². The molecule has 1 aliphatic rings. The van der Waals surface area contributed by atoms with Crippen molar-refractivity contribution in [1.82, 2.24) is 4.98 Å². The van der Waals surface area contributed by atoms with Crippen LogP contribution in [0.3, 0.4) is 0 Å². The lowest BCUT2D eigenvalue weighted by molar-refractivity contribution is -0.120. The van der Waals surface area contributed by atoms with Crippen molar-refractivity contribution >= 4 is 22.9 Å². The Labute approximate surface area is 150 Å². The van der Waals surface area contributed by atoms with Crippen LogP contribution in [0.2, 0.25) is 0 Å². The largest absolute Gasteiger partial charge is 0.484 e. The first-order valence-corrected chi connectivity index (χ1v) is 9.12. The van der Waals surface area contributed by atoms with Crippen LogP contribution in [-0.4, -0.2) is 24.0 Å². The summed E-state index contributed by atoms with van der Waals surface area (Å²) in [4.78, 5) is 18.7. The van der Waals surface area contributed by atoms with Gasteiger partial charge in [-0.1, -0.05) is 18.2 Å². The van der Waals surface area contributed by atoms with Gasteiger partial charge >= 0.3 is 0 Å². The summed E-state index contributed by atoms with van der Waals surface area (Å²) in [7, 11) is 0. The van der Waals surface area contributed by atoms with Gasteiger partial charge in [0.1, 0.15) is 10.8 Å². The fourth-order valence-electron chi connectivity index (χ4n) is 3.00. The standard InChI is InChI=1S/C20H18N2O2S/c1-14-13-25-20(21-14)16-6-8-17(9-7-16)24-12-19(23)22-11-10-15-4-2-3-5-18(15)22/h2-9,13H,10-12H2,1H3. The Balaban J connectivity index is 1.39. The molecule has 4 rings (SSSR count). The molecular weight excluding hydrogens is 332 g/mol. The highest BCUT2D eigenvalue weighted by atomic mass is 32.1. The number of fused-ring (bicyclic) bond motifs is 1. The van der Waals surface area contributed by atoms with Crippen LogP contribution in [0.4, 0.5) is 5.69 Å². The number of hydrogen-bond acceptors (Lipinski definition) is 4. The van der Waals surface area contributed by atoms with Gasteiger partial charge in [0.15, 0.2) is 6.61 Å². The zero-order chi connectivity index (χ0) is 17.2. The summed E-state index contributed by atoms with van der Waals surface area (Å²) in [6.45, 7) is 2.76. The van der Waals surface area contributed by atoms with Crippen LogP contribution in [0, 0.1) is 6.92 Å². The number of ether oxygens (including phenoxy) is 1. The number of thiazole rings is 1. The van der Waals surface area contributed by atoms with E-state index in [0.29, 0.717) is 5.75 Å². The van der Waals surface area contributed by atoms with E-state index < -0.39 is 0 Å². The minimum atomic E-state index is -0.00965. The van der Waals surface area contributed by atoms with Gasteiger partial charge in [0.25, 0.3) is 5.91 Å². The Morgan fingerprint density at radius 1 is 1.20 bits per heavy atom. The SMILES string of the molecule is Cc1csc(-c2ccc(OCC(=O)N3CCc4ccccc43)cc2)n1. The van der Waals surface area contributed by atoms with Gasteiger partial charge in [0.05, 0.1) is 0 Å². The van der Waals surface area contributed by atoms with Crippen molar-refractivity contribution < 1.29 is 9.53 Å². The molecule has 1 amide bonds. The second-order valence-electron chi connectivity index (χ2n) is 6.03. The summed E-state index contributed by atoms with van der Waals surface area (Å²) in [6, 6.07) is 15.8. The van der Waals surface area contributed by atoms with Crippen LogP contribution in [0.15, 0.2) is 53.9 Å². The first-order chi connectivity index (χ1) is 12.2. The summed E-state index contributed by atoms with van der Waals surface area (Å²) in [5, 5.41) is 3.03. The molecule has 0 saturated heterocycles. The van der Waals surface area contributed by atoms with E-state index in [2.05, 4.69) is 11.1 Å². The quantitative estimate of drug-likeness (QED) is 0.712. The molecule has 0 N–H and O–H groups in total. The highest BCUT2D eigenvalue weighted by Crippen LogP contribution is 2.28. The van der Waals surface area contributed by atoms with Crippen molar-refractivity contribution in [1.29, 1.82) is 0 Å². The molecule has 0 atom stereocenters. The third kappa shape index (κ3) is 3.28. The number of anilines is 1. The van der Waals surface area contributed by atoms with E-state index in [9.17, 15) is 4.79 Å². The molecule has 1 aromatic heterocycles. The van der Waals surface area contributed by atoms with Crippen LogP contribution >= 0.6 is 11.3 Å². The van der Waals surface area contributed by atoms with E-state index in [1.54, 1.807) is 11.3 Å². The molecule has 0 aliphatic carbocycles. The fourth-order valence-corrected chi connectivity index (χ4v) is 3.80. The molecule has 2 aromatic carbocycles. The van der Waals surface area contributed by atoms with Gasteiger partial charge in [-0.2, -0.15) is 0 Å². The van der Waals surface area contributed by atoms with E-state index in [0.717, 1.165) is 34.9 Å². The second-order valence-corrected chi connectivity index (χ2v) is 6.89. The van der Waals surface area contributed by atoms with Crippen molar-refractivity contribution in [2.75, 3.05) is 18.1 Å². The van der Waals surface area contributed by atoms with Gasteiger partial charge in [-0.3, -0.25) is 4.79 Å². The molecule has 0 spiro atoms. The second kappa shape index (κ2) is 6.69. The van der Waals surface area contributed by atoms with Crippen molar-refractivity contribution in [3.05, 3.63) is 65.2 Å². The lowest BCUT2D eigenvalue weighted by atomic mass is 10.2. The number of para-hydroxylation sites is 1. The van der Waals surface area contributed by atoms with Gasteiger partial charge in [0.2, 0.25) is 0 Å². The van der Waals surface area contributed by atoms with E-state index in [4.69, 9.17) is 4.74 Å². The lowest BCUT2D eigenvalue weighted by Crippen LogP contribution is -2.33. The van der Waals surface area contributed by atoms with Crippen LogP contribution in [-0.2, 0) is 11.2 Å². The molecule has 4 nitrogen and oxygen atoms in total. The van der Waals surface area contributed by atoms with Gasteiger partial charge in [-0.25, -0.2) is 4.98 Å². The Morgan fingerprint density at radius 3 is 2.76 bits per heavy atom. The van der Waals surface area contributed by atoms with Crippen molar-refractivity contribution in [2.45, 2.75) is 13.3 Å². The maximum Gasteiger partial charge on any atom is 0.264 e. The first-order valence-electron chi connectivity index (χ1n) is 8.24. The summed E-state index contributed by atoms with van der Waals surface area (Å²) < 4.78 is 5.68. The Hall–Kier alpha value is -2.66. The zero-order valence-corrected chi connectivity index (χ0v) is 14.8. The molecule has 0 unspecified atom stereocenters. The Morgan fingerprint density at radius 2 is 2.00 bits per heavy atom. The van der Waals surface area contributed by atoms with Crippen LogP contribution in [0.25, 0.3) is 10.6 Å². The third-order valence-electron chi connectivity index (χ3n) is 4.27. The molecule has 25 heavy (non-hydrogen) atoms. The topological polar surface area (TPSA) is 42.4 Å². The summed E-state index contributed by atoms with van der Waals surface area (Å²) in [6.07, 6.45) is 0.907. The van der Waals surface area contributed by atoms with Crippen molar-refractivity contribution in [3.8, 4) is 16.3 Å². The maximum atomic E-state index is 12.5. The lowest BCUT2D eigenvalue weighted by Gasteiger charge is -2.17. The third-order valence-corrected chi connectivity index (χ3v) is 5.28. The highest BCUT2D eigenvalue weighted by Gasteiger charge is 2.24. The Kier molecular flexibility index (Phi) is 4.24. The molecule has 126 valence electrons. The van der Waals surface area contributed by atoms with E-state index >= 15 is 0 Å². The molecule has 2 heterocycles. The number of amides is 1. The molecule has 0 fully saturated rings. The van der Waals surface area contributed by atoms with Gasteiger partial charge in [-0.05, 0) is 49.2 Å². The van der Waals surface area contributed by atoms with Crippen molar-refractivity contribution in [3.63, 3.8) is 0 Å². The first kappa shape index (κ1) is 15.8. The molecule has 0 saturated carbocycles. The molecule has 0 radical (unpaired) electrons. The van der Waals surface area contributed by atoms with E-state index in [1.807, 2.05) is 59.7 Å². The summed E-state index contributed by atoms with van der Waals surface area (Å²) in [5.74, 6) is 0.683. The highest BCUT2D eigenvalue weighted by molar-refractivity contribution is 7.13. The Bertz CT molecular complexity index is 902. The number of hydrogen-bond donors (Lipinski definition) is 0. The van der Waals surface area contributed by atoms with Gasteiger partial charge in [-0.15, -0.1) is 11.3 Å². The van der Waals surface area contributed by atoms with Crippen LogP contribution in [0.5, 0.6) is 5.75 Å². The fraction of sp³-hybridized carbons (Fsp3) is 0.200. The van der Waals surface area contributed by atoms with Gasteiger partial charge in [0, 0.05) is 28.9 Å². The number of rotatable bonds is 4. The molecule has 3 aromatic rings. The minimum absolute atomic E-state index is 0.00965. The number of carbonyl (C=O) groups is 1. The monoisotopic (exact) mass is 350 g/mol. The summed E-state index contributed by atoms with van der Waals surface area (Å²) in [5.41, 5.74) is 4.31. The predicted molar refractivity (Wildman–Crippen MR) is 100 cm³/mol. The summed E-state index contributed by atoms with van der Waals surface area (Å²) >= 11 is 1.62. The number of aromatic nitrogens is 1. The molecular formula is C20H18N2O2S. The number of aryl methyl sites for hydroxylation is 1. The average molecular weight is 350 g/mol. The van der Waals surface area contributed by atoms with E-state index in [1.165, 1.54) is 5.56 Å². The van der Waals surface area contributed by atoms with E-state index in [-0.39, 0.29) is 12.5 Å². The number of benzene rings is 2. The zero-order valence-electron chi connectivity index (χ0n) is 13.9. The van der Waals surface area contributed by atoms with Crippen molar-refractivity contribution in [2.24, 2.45) is 0 Å². The molecule has 5 heteroatoms.